The molecule has 0 radical (unpaired) electrons. The molecular weight excluding hydrogens is 280 g/mol. The topological polar surface area (TPSA) is 82.2 Å². The van der Waals surface area contributed by atoms with E-state index in [-0.39, 0.29) is 11.3 Å². The largest absolute Gasteiger partial charge is 0.380 e. The summed E-state index contributed by atoms with van der Waals surface area (Å²) in [6, 6.07) is 14.2. The SMILES string of the molecule is CN(C)c1cccc(CNc2ccc([N+](=O)[O-])cc2C#N)c1. The molecule has 6 nitrogen and oxygen atoms in total. The van der Waals surface area contributed by atoms with Crippen LogP contribution in [0.15, 0.2) is 42.5 Å². The van der Waals surface area contributed by atoms with Gasteiger partial charge < -0.3 is 10.2 Å². The Morgan fingerprint density at radius 2 is 2.05 bits per heavy atom. The number of nitriles is 1. The fourth-order valence-electron chi connectivity index (χ4n) is 2.03. The molecule has 22 heavy (non-hydrogen) atoms. The predicted octanol–water partition coefficient (Wildman–Crippen LogP) is 3.14. The summed E-state index contributed by atoms with van der Waals surface area (Å²) in [6.45, 7) is 0.536. The fraction of sp³-hybridized carbons (Fsp3) is 0.188. The first-order valence-electron chi connectivity index (χ1n) is 6.70. The first-order chi connectivity index (χ1) is 10.5. The summed E-state index contributed by atoms with van der Waals surface area (Å²) in [7, 11) is 3.94. The summed E-state index contributed by atoms with van der Waals surface area (Å²) >= 11 is 0. The lowest BCUT2D eigenvalue weighted by atomic mass is 10.1. The van der Waals surface area contributed by atoms with Crippen LogP contribution in [0.2, 0.25) is 0 Å². The molecular formula is C16H16N4O2. The van der Waals surface area contributed by atoms with Crippen molar-refractivity contribution >= 4 is 17.1 Å². The monoisotopic (exact) mass is 296 g/mol. The molecule has 0 aromatic heterocycles. The number of hydrogen-bond donors (Lipinski definition) is 1. The lowest BCUT2D eigenvalue weighted by molar-refractivity contribution is -0.384. The average Bonchev–Trinajstić information content (AvgIpc) is 2.52. The molecule has 6 heteroatoms. The molecule has 0 spiro atoms. The molecule has 0 aliphatic rings. The second kappa shape index (κ2) is 6.59. The van der Waals surface area contributed by atoms with Crippen molar-refractivity contribution in [3.8, 4) is 6.07 Å². The minimum absolute atomic E-state index is 0.0864. The van der Waals surface area contributed by atoms with E-state index in [0.29, 0.717) is 12.2 Å². The van der Waals surface area contributed by atoms with Crippen molar-refractivity contribution in [2.45, 2.75) is 6.54 Å². The Morgan fingerprint density at radius 3 is 2.68 bits per heavy atom. The Hall–Kier alpha value is -3.07. The van der Waals surface area contributed by atoms with Gasteiger partial charge in [-0.3, -0.25) is 10.1 Å². The zero-order valence-electron chi connectivity index (χ0n) is 12.4. The van der Waals surface area contributed by atoms with Gasteiger partial charge in [0.15, 0.2) is 0 Å². The van der Waals surface area contributed by atoms with Gasteiger partial charge in [-0.15, -0.1) is 0 Å². The third kappa shape index (κ3) is 3.52. The first kappa shape index (κ1) is 15.3. The summed E-state index contributed by atoms with van der Waals surface area (Å²) in [5.41, 5.74) is 2.91. The zero-order valence-corrected chi connectivity index (χ0v) is 12.4. The van der Waals surface area contributed by atoms with Gasteiger partial charge in [-0.1, -0.05) is 12.1 Å². The number of rotatable bonds is 5. The maximum atomic E-state index is 10.7. The van der Waals surface area contributed by atoms with Crippen molar-refractivity contribution in [1.29, 1.82) is 5.26 Å². The van der Waals surface area contributed by atoms with Gasteiger partial charge in [0.25, 0.3) is 5.69 Å². The Morgan fingerprint density at radius 1 is 1.27 bits per heavy atom. The molecule has 2 aromatic rings. The van der Waals surface area contributed by atoms with Crippen LogP contribution in [-0.4, -0.2) is 19.0 Å². The quantitative estimate of drug-likeness (QED) is 0.677. The fourth-order valence-corrected chi connectivity index (χ4v) is 2.03. The lowest BCUT2D eigenvalue weighted by Gasteiger charge is -2.14. The van der Waals surface area contributed by atoms with Gasteiger partial charge >= 0.3 is 0 Å². The summed E-state index contributed by atoms with van der Waals surface area (Å²) in [5, 5.41) is 23.0. The number of hydrogen-bond acceptors (Lipinski definition) is 5. The third-order valence-electron chi connectivity index (χ3n) is 3.24. The molecule has 0 bridgehead atoms. The standard InChI is InChI=1S/C16H16N4O2/c1-19(2)14-5-3-4-12(8-14)11-18-16-7-6-15(20(21)22)9-13(16)10-17/h3-9,18H,11H2,1-2H3. The van der Waals surface area contributed by atoms with Crippen LogP contribution < -0.4 is 10.2 Å². The average molecular weight is 296 g/mol. The normalized spacial score (nSPS) is 9.86. The van der Waals surface area contributed by atoms with E-state index in [1.54, 1.807) is 6.07 Å². The van der Waals surface area contributed by atoms with Crippen molar-refractivity contribution in [2.75, 3.05) is 24.3 Å². The molecule has 0 unspecified atom stereocenters. The van der Waals surface area contributed by atoms with E-state index in [1.165, 1.54) is 12.1 Å². The van der Waals surface area contributed by atoms with Crippen LogP contribution in [-0.2, 0) is 6.54 Å². The molecule has 0 aliphatic carbocycles. The van der Waals surface area contributed by atoms with Crippen LogP contribution in [0, 0.1) is 21.4 Å². The van der Waals surface area contributed by atoms with E-state index in [1.807, 2.05) is 49.3 Å². The molecule has 0 saturated heterocycles. The summed E-state index contributed by atoms with van der Waals surface area (Å²) in [5.74, 6) is 0. The van der Waals surface area contributed by atoms with Crippen LogP contribution in [0.1, 0.15) is 11.1 Å². The van der Waals surface area contributed by atoms with Crippen molar-refractivity contribution in [3.05, 3.63) is 63.7 Å². The van der Waals surface area contributed by atoms with Gasteiger partial charge in [0.05, 0.1) is 16.2 Å². The molecule has 0 saturated carbocycles. The second-order valence-corrected chi connectivity index (χ2v) is 5.02. The Labute approximate surface area is 128 Å². The van der Waals surface area contributed by atoms with E-state index < -0.39 is 4.92 Å². The smallest absolute Gasteiger partial charge is 0.270 e. The highest BCUT2D eigenvalue weighted by Gasteiger charge is 2.10. The van der Waals surface area contributed by atoms with Crippen molar-refractivity contribution in [3.63, 3.8) is 0 Å². The van der Waals surface area contributed by atoms with E-state index in [9.17, 15) is 10.1 Å². The third-order valence-corrected chi connectivity index (χ3v) is 3.24. The van der Waals surface area contributed by atoms with E-state index in [2.05, 4.69) is 5.32 Å². The van der Waals surface area contributed by atoms with Crippen LogP contribution in [0.5, 0.6) is 0 Å². The van der Waals surface area contributed by atoms with Gasteiger partial charge in [-0.2, -0.15) is 5.26 Å². The van der Waals surface area contributed by atoms with Gasteiger partial charge in [0.2, 0.25) is 0 Å². The number of nitro groups is 1. The highest BCUT2D eigenvalue weighted by atomic mass is 16.6. The number of benzene rings is 2. The van der Waals surface area contributed by atoms with Crippen LogP contribution >= 0.6 is 0 Å². The molecule has 0 amide bonds. The zero-order chi connectivity index (χ0) is 16.1. The van der Waals surface area contributed by atoms with Gasteiger partial charge in [-0.25, -0.2) is 0 Å². The van der Waals surface area contributed by atoms with Crippen molar-refractivity contribution in [1.82, 2.24) is 0 Å². The molecule has 2 aromatic carbocycles. The Kier molecular flexibility index (Phi) is 4.59. The van der Waals surface area contributed by atoms with E-state index >= 15 is 0 Å². The van der Waals surface area contributed by atoms with Crippen molar-refractivity contribution in [2.24, 2.45) is 0 Å². The molecule has 2 rings (SSSR count). The Balaban J connectivity index is 2.16. The van der Waals surface area contributed by atoms with Crippen LogP contribution in [0.25, 0.3) is 0 Å². The molecule has 0 fully saturated rings. The molecule has 0 heterocycles. The van der Waals surface area contributed by atoms with Crippen LogP contribution in [0.4, 0.5) is 17.1 Å². The van der Waals surface area contributed by atoms with Gasteiger partial charge in [-0.05, 0) is 23.8 Å². The maximum absolute atomic E-state index is 10.7. The summed E-state index contributed by atoms with van der Waals surface area (Å²) < 4.78 is 0. The Bertz CT molecular complexity index is 735. The van der Waals surface area contributed by atoms with E-state index in [4.69, 9.17) is 5.26 Å². The number of nitrogens with zero attached hydrogens (tertiary/aromatic N) is 3. The highest BCUT2D eigenvalue weighted by Crippen LogP contribution is 2.22. The molecule has 0 atom stereocenters. The lowest BCUT2D eigenvalue weighted by Crippen LogP contribution is -2.09. The van der Waals surface area contributed by atoms with Crippen molar-refractivity contribution < 1.29 is 4.92 Å². The highest BCUT2D eigenvalue weighted by molar-refractivity contribution is 5.61. The number of non-ortho nitro benzene ring substituents is 1. The first-order valence-corrected chi connectivity index (χ1v) is 6.70. The number of nitro benzene ring substituents is 1. The molecule has 112 valence electrons. The predicted molar refractivity (Wildman–Crippen MR) is 85.9 cm³/mol. The maximum Gasteiger partial charge on any atom is 0.270 e. The molecule has 1 N–H and O–H groups in total. The second-order valence-electron chi connectivity index (χ2n) is 5.02. The minimum atomic E-state index is -0.509. The van der Waals surface area contributed by atoms with Gasteiger partial charge in [0, 0.05) is 38.5 Å². The van der Waals surface area contributed by atoms with Gasteiger partial charge in [0.1, 0.15) is 6.07 Å². The number of anilines is 2. The minimum Gasteiger partial charge on any atom is -0.380 e. The number of nitrogens with one attached hydrogen (secondary N) is 1. The molecule has 0 aliphatic heterocycles. The summed E-state index contributed by atoms with van der Waals surface area (Å²) in [4.78, 5) is 12.2. The van der Waals surface area contributed by atoms with Crippen LogP contribution in [0.3, 0.4) is 0 Å². The summed E-state index contributed by atoms with van der Waals surface area (Å²) in [6.07, 6.45) is 0. The van der Waals surface area contributed by atoms with E-state index in [0.717, 1.165) is 11.3 Å².